The van der Waals surface area contributed by atoms with Crippen LogP contribution in [0.15, 0.2) is 48.8 Å². The maximum Gasteiger partial charge on any atom is 0.133 e. The predicted octanol–water partition coefficient (Wildman–Crippen LogP) is 4.29. The van der Waals surface area contributed by atoms with Crippen LogP contribution in [0.3, 0.4) is 0 Å². The third kappa shape index (κ3) is 2.59. The van der Waals surface area contributed by atoms with Crippen molar-refractivity contribution in [1.29, 1.82) is 0 Å². The summed E-state index contributed by atoms with van der Waals surface area (Å²) in [5.74, 6) is 0.943. The van der Waals surface area contributed by atoms with E-state index in [0.29, 0.717) is 0 Å². The fourth-order valence-electron chi connectivity index (χ4n) is 2.65. The molecule has 0 atom stereocenters. The molecule has 1 N–H and O–H groups in total. The van der Waals surface area contributed by atoms with Crippen LogP contribution in [0, 0.1) is 0 Å². The lowest BCUT2D eigenvalue weighted by molar-refractivity contribution is 1.03. The Balaban J connectivity index is 2.15. The van der Waals surface area contributed by atoms with Gasteiger partial charge in [-0.25, -0.2) is 9.97 Å². The van der Waals surface area contributed by atoms with Crippen molar-refractivity contribution >= 4 is 16.6 Å². The first kappa shape index (κ1) is 13.6. The highest BCUT2D eigenvalue weighted by Crippen LogP contribution is 2.28. The van der Waals surface area contributed by atoms with E-state index in [0.717, 1.165) is 30.0 Å². The topological polar surface area (TPSA) is 37.8 Å². The van der Waals surface area contributed by atoms with Crippen LogP contribution in [0.4, 0.5) is 5.82 Å². The summed E-state index contributed by atoms with van der Waals surface area (Å²) in [6.45, 7) is 5.09. The zero-order valence-electron chi connectivity index (χ0n) is 12.4. The second kappa shape index (κ2) is 5.92. The highest BCUT2D eigenvalue weighted by molar-refractivity contribution is 5.87. The van der Waals surface area contributed by atoms with Crippen molar-refractivity contribution in [2.45, 2.75) is 20.3 Å². The molecule has 3 heteroatoms. The van der Waals surface area contributed by atoms with Gasteiger partial charge in [-0.2, -0.15) is 0 Å². The fraction of sp³-hybridized carbons (Fsp3) is 0.222. The smallest absolute Gasteiger partial charge is 0.133 e. The number of hydrogen-bond donors (Lipinski definition) is 1. The molecule has 0 aliphatic rings. The van der Waals surface area contributed by atoms with Gasteiger partial charge in [0.2, 0.25) is 0 Å². The molecule has 0 saturated heterocycles. The Kier molecular flexibility index (Phi) is 3.82. The van der Waals surface area contributed by atoms with Gasteiger partial charge >= 0.3 is 0 Å². The third-order valence-corrected chi connectivity index (χ3v) is 3.67. The van der Waals surface area contributed by atoms with Gasteiger partial charge in [-0.3, -0.25) is 0 Å². The third-order valence-electron chi connectivity index (χ3n) is 3.67. The number of hydrogen-bond acceptors (Lipinski definition) is 3. The Morgan fingerprint density at radius 2 is 1.76 bits per heavy atom. The number of rotatable bonds is 4. The molecule has 0 spiro atoms. The molecule has 0 amide bonds. The van der Waals surface area contributed by atoms with Crippen molar-refractivity contribution in [3.8, 4) is 11.3 Å². The number of nitrogens with one attached hydrogen (secondary N) is 1. The minimum atomic E-state index is 0.862. The SMILES string of the molecule is CCNc1ncnc(-c2ccc3ccccc3c2)c1CC. The van der Waals surface area contributed by atoms with E-state index in [1.165, 1.54) is 16.3 Å². The molecule has 0 aliphatic heterocycles. The van der Waals surface area contributed by atoms with E-state index >= 15 is 0 Å². The van der Waals surface area contributed by atoms with Gasteiger partial charge in [0.05, 0.1) is 5.69 Å². The Morgan fingerprint density at radius 1 is 0.952 bits per heavy atom. The average molecular weight is 277 g/mol. The molecule has 3 rings (SSSR count). The van der Waals surface area contributed by atoms with Crippen LogP contribution in [-0.4, -0.2) is 16.5 Å². The highest BCUT2D eigenvalue weighted by atomic mass is 15.0. The molecule has 21 heavy (non-hydrogen) atoms. The van der Waals surface area contributed by atoms with Gasteiger partial charge in [-0.1, -0.05) is 43.3 Å². The van der Waals surface area contributed by atoms with Crippen molar-refractivity contribution in [3.63, 3.8) is 0 Å². The van der Waals surface area contributed by atoms with Crippen molar-refractivity contribution < 1.29 is 0 Å². The van der Waals surface area contributed by atoms with E-state index in [2.05, 4.69) is 71.6 Å². The maximum atomic E-state index is 4.52. The second-order valence-electron chi connectivity index (χ2n) is 5.00. The first-order chi connectivity index (χ1) is 10.3. The lowest BCUT2D eigenvalue weighted by atomic mass is 10.0. The van der Waals surface area contributed by atoms with Crippen LogP contribution in [-0.2, 0) is 6.42 Å². The largest absolute Gasteiger partial charge is 0.370 e. The molecule has 0 unspecified atom stereocenters. The molecule has 106 valence electrons. The summed E-state index contributed by atoms with van der Waals surface area (Å²) in [6, 6.07) is 14.9. The zero-order valence-corrected chi connectivity index (χ0v) is 12.4. The molecular weight excluding hydrogens is 258 g/mol. The lowest BCUT2D eigenvalue weighted by Gasteiger charge is -2.12. The van der Waals surface area contributed by atoms with Crippen LogP contribution in [0.1, 0.15) is 19.4 Å². The van der Waals surface area contributed by atoms with Crippen LogP contribution in [0.25, 0.3) is 22.0 Å². The quantitative estimate of drug-likeness (QED) is 0.773. The number of fused-ring (bicyclic) bond motifs is 1. The summed E-state index contributed by atoms with van der Waals surface area (Å²) in [7, 11) is 0. The number of nitrogens with zero attached hydrogens (tertiary/aromatic N) is 2. The van der Waals surface area contributed by atoms with Gasteiger partial charge in [-0.15, -0.1) is 0 Å². The molecule has 3 aromatic rings. The standard InChI is InChI=1S/C18H19N3/c1-3-16-17(20-12-21-18(16)19-4-2)15-10-9-13-7-5-6-8-14(13)11-15/h5-12H,3-4H2,1-2H3,(H,19,20,21). The van der Waals surface area contributed by atoms with E-state index in [-0.39, 0.29) is 0 Å². The Morgan fingerprint density at radius 3 is 2.52 bits per heavy atom. The first-order valence-corrected chi connectivity index (χ1v) is 7.40. The van der Waals surface area contributed by atoms with Gasteiger partial charge in [0.15, 0.2) is 0 Å². The molecule has 2 aromatic carbocycles. The Labute approximate surface area is 125 Å². The van der Waals surface area contributed by atoms with Gasteiger partial charge in [0, 0.05) is 17.7 Å². The second-order valence-corrected chi connectivity index (χ2v) is 5.00. The van der Waals surface area contributed by atoms with Crippen LogP contribution < -0.4 is 5.32 Å². The van der Waals surface area contributed by atoms with Gasteiger partial charge in [0.1, 0.15) is 12.1 Å². The molecule has 0 bridgehead atoms. The molecule has 0 saturated carbocycles. The molecule has 3 nitrogen and oxygen atoms in total. The van der Waals surface area contributed by atoms with Gasteiger partial charge in [0.25, 0.3) is 0 Å². The number of benzene rings is 2. The molecule has 1 heterocycles. The minimum Gasteiger partial charge on any atom is -0.370 e. The van der Waals surface area contributed by atoms with E-state index in [4.69, 9.17) is 0 Å². The van der Waals surface area contributed by atoms with E-state index < -0.39 is 0 Å². The molecular formula is C18H19N3. The predicted molar refractivity (Wildman–Crippen MR) is 88.5 cm³/mol. The molecule has 1 aromatic heterocycles. The van der Waals surface area contributed by atoms with Crippen molar-refractivity contribution in [1.82, 2.24) is 9.97 Å². The van der Waals surface area contributed by atoms with Gasteiger partial charge in [-0.05, 0) is 30.2 Å². The monoisotopic (exact) mass is 277 g/mol. The van der Waals surface area contributed by atoms with Crippen LogP contribution >= 0.6 is 0 Å². The molecule has 0 fully saturated rings. The first-order valence-electron chi connectivity index (χ1n) is 7.40. The van der Waals surface area contributed by atoms with E-state index in [9.17, 15) is 0 Å². The number of aromatic nitrogens is 2. The van der Waals surface area contributed by atoms with Crippen LogP contribution in [0.2, 0.25) is 0 Å². The molecule has 0 radical (unpaired) electrons. The minimum absolute atomic E-state index is 0.862. The maximum absolute atomic E-state index is 4.52. The Bertz CT molecular complexity index is 765. The summed E-state index contributed by atoms with van der Waals surface area (Å²) in [5, 5.41) is 5.81. The lowest BCUT2D eigenvalue weighted by Crippen LogP contribution is -2.05. The summed E-state index contributed by atoms with van der Waals surface area (Å²) >= 11 is 0. The number of anilines is 1. The normalized spacial score (nSPS) is 10.8. The summed E-state index contributed by atoms with van der Waals surface area (Å²) < 4.78 is 0. The van der Waals surface area contributed by atoms with E-state index in [1.54, 1.807) is 6.33 Å². The highest BCUT2D eigenvalue weighted by Gasteiger charge is 2.11. The summed E-state index contributed by atoms with van der Waals surface area (Å²) in [5.41, 5.74) is 3.34. The zero-order chi connectivity index (χ0) is 14.7. The summed E-state index contributed by atoms with van der Waals surface area (Å²) in [6.07, 6.45) is 2.55. The van der Waals surface area contributed by atoms with Crippen molar-refractivity contribution in [2.75, 3.05) is 11.9 Å². The summed E-state index contributed by atoms with van der Waals surface area (Å²) in [4.78, 5) is 8.88. The van der Waals surface area contributed by atoms with E-state index in [1.807, 2.05) is 0 Å². The van der Waals surface area contributed by atoms with Gasteiger partial charge < -0.3 is 5.32 Å². The van der Waals surface area contributed by atoms with Crippen molar-refractivity contribution in [3.05, 3.63) is 54.4 Å². The molecule has 0 aliphatic carbocycles. The van der Waals surface area contributed by atoms with Crippen LogP contribution in [0.5, 0.6) is 0 Å². The fourth-order valence-corrected chi connectivity index (χ4v) is 2.65. The van der Waals surface area contributed by atoms with Crippen molar-refractivity contribution in [2.24, 2.45) is 0 Å². The Hall–Kier alpha value is -2.42. The average Bonchev–Trinajstić information content (AvgIpc) is 2.54.